The number of rotatable bonds is 8. The molecule has 0 unspecified atom stereocenters. The summed E-state index contributed by atoms with van der Waals surface area (Å²) in [4.78, 5) is 18.3. The fraction of sp³-hybridized carbons (Fsp3) is 0.308. The minimum atomic E-state index is 0.0803. The number of hydrogen-bond acceptors (Lipinski definition) is 10. The highest BCUT2D eigenvalue weighted by Gasteiger charge is 2.21. The molecule has 0 atom stereocenters. The highest BCUT2D eigenvalue weighted by atomic mass is 16.5. The Hall–Kier alpha value is -4.34. The van der Waals surface area contributed by atoms with Crippen molar-refractivity contribution in [1.29, 1.82) is 0 Å². The Kier molecular flexibility index (Phi) is 6.83. The number of aromatic nitrogens is 4. The third-order valence-corrected chi connectivity index (χ3v) is 5.96. The van der Waals surface area contributed by atoms with E-state index in [1.807, 2.05) is 31.2 Å². The first-order chi connectivity index (χ1) is 17.6. The van der Waals surface area contributed by atoms with E-state index in [0.29, 0.717) is 40.6 Å². The molecule has 3 heterocycles. The van der Waals surface area contributed by atoms with Gasteiger partial charge in [0.2, 0.25) is 17.7 Å². The lowest BCUT2D eigenvalue weighted by Gasteiger charge is -2.36. The van der Waals surface area contributed by atoms with Gasteiger partial charge >= 0.3 is 0 Å². The second kappa shape index (κ2) is 10.5. The van der Waals surface area contributed by atoms with Crippen LogP contribution >= 0.6 is 0 Å². The van der Waals surface area contributed by atoms with Crippen LogP contribution in [0.1, 0.15) is 11.6 Å². The van der Waals surface area contributed by atoms with Crippen molar-refractivity contribution in [2.75, 3.05) is 50.2 Å². The maximum absolute atomic E-state index is 5.91. The molecule has 0 aliphatic carbocycles. The lowest BCUT2D eigenvalue weighted by Crippen LogP contribution is -2.47. The lowest BCUT2D eigenvalue weighted by atomic mass is 10.1. The summed E-state index contributed by atoms with van der Waals surface area (Å²) in [7, 11) is 3.15. The fourth-order valence-electron chi connectivity index (χ4n) is 4.17. The van der Waals surface area contributed by atoms with Gasteiger partial charge in [-0.3, -0.25) is 0 Å². The van der Waals surface area contributed by atoms with Crippen LogP contribution in [0.25, 0.3) is 11.4 Å². The summed E-state index contributed by atoms with van der Waals surface area (Å²) in [6.45, 7) is 5.46. The number of ether oxygens (including phenoxy) is 3. The highest BCUT2D eigenvalue weighted by molar-refractivity contribution is 5.68. The molecule has 2 aromatic heterocycles. The number of nitrogens with zero attached hydrogens (tertiary/aromatic N) is 6. The van der Waals surface area contributed by atoms with Gasteiger partial charge in [0.25, 0.3) is 5.89 Å². The minimum Gasteiger partial charge on any atom is -0.493 e. The summed E-state index contributed by atoms with van der Waals surface area (Å²) < 4.78 is 22.1. The van der Waals surface area contributed by atoms with Gasteiger partial charge in [-0.1, -0.05) is 29.4 Å². The molecule has 10 heteroatoms. The van der Waals surface area contributed by atoms with Crippen LogP contribution in [0.4, 0.5) is 11.6 Å². The first-order valence-corrected chi connectivity index (χ1v) is 11.7. The van der Waals surface area contributed by atoms with Crippen molar-refractivity contribution in [1.82, 2.24) is 20.1 Å². The quantitative estimate of drug-likeness (QED) is 0.364. The molecule has 4 aromatic rings. The first kappa shape index (κ1) is 23.4. The molecule has 0 bridgehead atoms. The normalized spacial score (nSPS) is 13.5. The number of aryl methyl sites for hydroxylation is 1. The van der Waals surface area contributed by atoms with E-state index < -0.39 is 0 Å². The van der Waals surface area contributed by atoms with Crippen LogP contribution in [0.3, 0.4) is 0 Å². The Balaban J connectivity index is 1.24. The zero-order valence-corrected chi connectivity index (χ0v) is 20.5. The Labute approximate surface area is 209 Å². The van der Waals surface area contributed by atoms with Crippen LogP contribution in [0.5, 0.6) is 17.4 Å². The van der Waals surface area contributed by atoms with Crippen molar-refractivity contribution in [3.05, 3.63) is 66.2 Å². The topological polar surface area (TPSA) is 98.9 Å². The van der Waals surface area contributed by atoms with Gasteiger partial charge in [-0.25, -0.2) is 4.98 Å². The molecule has 10 nitrogen and oxygen atoms in total. The molecule has 1 fully saturated rings. The van der Waals surface area contributed by atoms with Crippen LogP contribution < -0.4 is 24.0 Å². The van der Waals surface area contributed by atoms with Crippen molar-refractivity contribution < 1.29 is 18.7 Å². The van der Waals surface area contributed by atoms with Crippen LogP contribution in [0.15, 0.2) is 59.1 Å². The number of para-hydroxylation sites is 2. The molecule has 0 N–H and O–H groups in total. The zero-order chi connectivity index (χ0) is 24.9. The SMILES string of the molecule is COc1cccc(-c2noc(COc3cc(C)nc(N4CCN(c5ccccc5)CC4)n3)n2)c1OC. The van der Waals surface area contributed by atoms with Crippen molar-refractivity contribution in [2.45, 2.75) is 13.5 Å². The molecule has 1 aliphatic rings. The number of piperazine rings is 1. The molecular weight excluding hydrogens is 460 g/mol. The molecule has 36 heavy (non-hydrogen) atoms. The van der Waals surface area contributed by atoms with E-state index in [-0.39, 0.29) is 6.61 Å². The van der Waals surface area contributed by atoms with Crippen LogP contribution in [0, 0.1) is 6.92 Å². The van der Waals surface area contributed by atoms with Crippen molar-refractivity contribution in [3.63, 3.8) is 0 Å². The molecular formula is C26H28N6O4. The summed E-state index contributed by atoms with van der Waals surface area (Å²) >= 11 is 0. The second-order valence-electron chi connectivity index (χ2n) is 8.30. The first-order valence-electron chi connectivity index (χ1n) is 11.7. The molecule has 0 amide bonds. The van der Waals surface area contributed by atoms with E-state index in [9.17, 15) is 0 Å². The Bertz CT molecular complexity index is 1310. The molecule has 1 saturated heterocycles. The summed E-state index contributed by atoms with van der Waals surface area (Å²) in [5.74, 6) is 2.96. The third-order valence-electron chi connectivity index (χ3n) is 5.96. The predicted octanol–water partition coefficient (Wildman–Crippen LogP) is 3.76. The van der Waals surface area contributed by atoms with Crippen molar-refractivity contribution in [3.8, 4) is 28.8 Å². The molecule has 5 rings (SSSR count). The zero-order valence-electron chi connectivity index (χ0n) is 20.5. The van der Waals surface area contributed by atoms with E-state index >= 15 is 0 Å². The van der Waals surface area contributed by atoms with Gasteiger partial charge in [-0.15, -0.1) is 0 Å². The van der Waals surface area contributed by atoms with Crippen molar-refractivity contribution >= 4 is 11.6 Å². The number of methoxy groups -OCH3 is 2. The minimum absolute atomic E-state index is 0.0803. The van der Waals surface area contributed by atoms with E-state index in [1.54, 1.807) is 20.3 Å². The van der Waals surface area contributed by atoms with Crippen molar-refractivity contribution in [2.24, 2.45) is 0 Å². The van der Waals surface area contributed by atoms with Gasteiger partial charge in [-0.05, 0) is 31.2 Å². The Morgan fingerprint density at radius 1 is 0.861 bits per heavy atom. The monoisotopic (exact) mass is 488 g/mol. The standard InChI is InChI=1S/C26H28N6O4/c1-18-16-22(29-26(27-18)32-14-12-31(13-15-32)19-8-5-4-6-9-19)35-17-23-28-25(30-36-23)20-10-7-11-21(33-2)24(20)34-3/h4-11,16H,12-15,17H2,1-3H3. The van der Waals surface area contributed by atoms with Crippen LogP contribution in [-0.4, -0.2) is 60.5 Å². The van der Waals surface area contributed by atoms with Gasteiger partial charge < -0.3 is 28.5 Å². The molecule has 0 spiro atoms. The molecule has 2 aromatic carbocycles. The molecule has 0 radical (unpaired) electrons. The summed E-state index contributed by atoms with van der Waals surface area (Å²) in [5.41, 5.74) is 2.73. The van der Waals surface area contributed by atoms with Gasteiger partial charge in [0.15, 0.2) is 18.1 Å². The summed E-state index contributed by atoms with van der Waals surface area (Å²) in [6, 6.07) is 17.7. The van der Waals surface area contributed by atoms with Gasteiger partial charge in [0.05, 0.1) is 19.8 Å². The van der Waals surface area contributed by atoms with Gasteiger partial charge in [0, 0.05) is 43.6 Å². The number of hydrogen-bond donors (Lipinski definition) is 0. The number of anilines is 2. The Morgan fingerprint density at radius 2 is 1.64 bits per heavy atom. The predicted molar refractivity (Wildman–Crippen MR) is 135 cm³/mol. The van der Waals surface area contributed by atoms with Crippen LogP contribution in [-0.2, 0) is 6.61 Å². The molecule has 1 aliphatic heterocycles. The molecule has 186 valence electrons. The fourth-order valence-corrected chi connectivity index (χ4v) is 4.17. The average molecular weight is 489 g/mol. The third kappa shape index (κ3) is 5.02. The van der Waals surface area contributed by atoms with E-state index in [2.05, 4.69) is 54.2 Å². The van der Waals surface area contributed by atoms with Gasteiger partial charge in [-0.2, -0.15) is 9.97 Å². The summed E-state index contributed by atoms with van der Waals surface area (Å²) in [6.07, 6.45) is 0. The maximum Gasteiger partial charge on any atom is 0.264 e. The van der Waals surface area contributed by atoms with E-state index in [4.69, 9.17) is 18.7 Å². The lowest BCUT2D eigenvalue weighted by molar-refractivity contribution is 0.235. The highest BCUT2D eigenvalue weighted by Crippen LogP contribution is 2.36. The van der Waals surface area contributed by atoms with E-state index in [1.165, 1.54) is 5.69 Å². The maximum atomic E-state index is 5.91. The van der Waals surface area contributed by atoms with E-state index in [0.717, 1.165) is 31.9 Å². The summed E-state index contributed by atoms with van der Waals surface area (Å²) in [5, 5.41) is 4.08. The molecule has 0 saturated carbocycles. The Morgan fingerprint density at radius 3 is 2.39 bits per heavy atom. The van der Waals surface area contributed by atoms with Gasteiger partial charge in [0.1, 0.15) is 0 Å². The average Bonchev–Trinajstić information content (AvgIpc) is 3.40. The smallest absolute Gasteiger partial charge is 0.264 e. The largest absolute Gasteiger partial charge is 0.493 e. The van der Waals surface area contributed by atoms with Crippen LogP contribution in [0.2, 0.25) is 0 Å². The second-order valence-corrected chi connectivity index (χ2v) is 8.30. The number of benzene rings is 2.